The summed E-state index contributed by atoms with van der Waals surface area (Å²) in [5, 5.41) is 5.27. The van der Waals surface area contributed by atoms with Gasteiger partial charge in [0.05, 0.1) is 18.8 Å². The smallest absolute Gasteiger partial charge is 0.324 e. The van der Waals surface area contributed by atoms with Gasteiger partial charge in [0.15, 0.2) is 6.61 Å². The van der Waals surface area contributed by atoms with E-state index in [0.29, 0.717) is 17.1 Å². The number of carbonyl (C=O) groups excluding carboxylic acids is 4. The number of anilines is 2. The van der Waals surface area contributed by atoms with E-state index in [1.807, 2.05) is 12.1 Å². The fourth-order valence-electron chi connectivity index (χ4n) is 3.38. The van der Waals surface area contributed by atoms with Crippen LogP contribution in [0.15, 0.2) is 48.5 Å². The van der Waals surface area contributed by atoms with Gasteiger partial charge in [0.2, 0.25) is 11.8 Å². The first-order valence-corrected chi connectivity index (χ1v) is 9.50. The van der Waals surface area contributed by atoms with Crippen LogP contribution in [-0.2, 0) is 20.9 Å². The fraction of sp³-hybridized carbons (Fsp3) is 0.238. The van der Waals surface area contributed by atoms with Crippen LogP contribution < -0.4 is 20.3 Å². The number of imide groups is 1. The normalized spacial score (nSPS) is 15.5. The van der Waals surface area contributed by atoms with E-state index in [1.165, 1.54) is 0 Å². The standard InChI is InChI=1S/C21H20N4O5/c26-18(8-9-24-16-6-1-2-7-17(16)30-13-20(24)28)23-15-5-3-4-14(10-15)12-25-19(27)11-22-21(25)29/h1-7,10H,8-9,11-13H2,(H,22,29)(H,23,26). The van der Waals surface area contributed by atoms with Gasteiger partial charge in [0.1, 0.15) is 5.75 Å². The van der Waals surface area contributed by atoms with Crippen molar-refractivity contribution < 1.29 is 23.9 Å². The first kappa shape index (κ1) is 19.4. The van der Waals surface area contributed by atoms with Gasteiger partial charge in [-0.25, -0.2) is 4.79 Å². The summed E-state index contributed by atoms with van der Waals surface area (Å²) in [5.41, 5.74) is 1.92. The number of fused-ring (bicyclic) bond motifs is 1. The van der Waals surface area contributed by atoms with Crippen molar-refractivity contribution in [2.45, 2.75) is 13.0 Å². The number of ether oxygens (including phenoxy) is 1. The molecule has 9 heteroatoms. The number of amides is 5. The largest absolute Gasteiger partial charge is 0.482 e. The van der Waals surface area contributed by atoms with Gasteiger partial charge in [0.25, 0.3) is 5.91 Å². The Labute approximate surface area is 172 Å². The molecule has 1 fully saturated rings. The number of nitrogens with one attached hydrogen (secondary N) is 2. The van der Waals surface area contributed by atoms with Crippen LogP contribution in [0.3, 0.4) is 0 Å². The SMILES string of the molecule is O=C(CCN1C(=O)COc2ccccc21)Nc1cccc(CN2C(=O)CNC2=O)c1. The van der Waals surface area contributed by atoms with Gasteiger partial charge in [-0.15, -0.1) is 0 Å². The second-order valence-electron chi connectivity index (χ2n) is 6.94. The van der Waals surface area contributed by atoms with E-state index in [0.717, 1.165) is 10.5 Å². The van der Waals surface area contributed by atoms with E-state index < -0.39 is 6.03 Å². The zero-order valence-corrected chi connectivity index (χ0v) is 16.1. The minimum atomic E-state index is -0.426. The van der Waals surface area contributed by atoms with E-state index in [-0.39, 0.29) is 50.4 Å². The third-order valence-corrected chi connectivity index (χ3v) is 4.86. The van der Waals surface area contributed by atoms with Gasteiger partial charge in [0, 0.05) is 18.7 Å². The van der Waals surface area contributed by atoms with Crippen LogP contribution in [0, 0.1) is 0 Å². The van der Waals surface area contributed by atoms with E-state index in [1.54, 1.807) is 41.3 Å². The zero-order chi connectivity index (χ0) is 21.1. The monoisotopic (exact) mass is 408 g/mol. The first-order valence-electron chi connectivity index (χ1n) is 9.50. The third-order valence-electron chi connectivity index (χ3n) is 4.86. The summed E-state index contributed by atoms with van der Waals surface area (Å²) in [6.45, 7) is 0.308. The maximum atomic E-state index is 12.4. The molecule has 0 unspecified atom stereocenters. The number of hydrogen-bond acceptors (Lipinski definition) is 5. The van der Waals surface area contributed by atoms with Gasteiger partial charge in [-0.05, 0) is 29.8 Å². The van der Waals surface area contributed by atoms with Gasteiger partial charge >= 0.3 is 6.03 Å². The van der Waals surface area contributed by atoms with E-state index in [2.05, 4.69) is 10.6 Å². The molecule has 4 rings (SSSR count). The summed E-state index contributed by atoms with van der Waals surface area (Å²) in [6, 6.07) is 13.7. The van der Waals surface area contributed by atoms with Crippen LogP contribution in [0.5, 0.6) is 5.75 Å². The lowest BCUT2D eigenvalue weighted by atomic mass is 10.2. The molecule has 0 aromatic heterocycles. The molecule has 2 aromatic carbocycles. The molecule has 0 bridgehead atoms. The number of para-hydroxylation sites is 2. The van der Waals surface area contributed by atoms with Gasteiger partial charge in [-0.1, -0.05) is 24.3 Å². The van der Waals surface area contributed by atoms with Gasteiger partial charge < -0.3 is 20.3 Å². The molecule has 2 heterocycles. The van der Waals surface area contributed by atoms with Crippen molar-refractivity contribution in [2.24, 2.45) is 0 Å². The summed E-state index contributed by atoms with van der Waals surface area (Å²) < 4.78 is 5.40. The Morgan fingerprint density at radius 2 is 1.87 bits per heavy atom. The lowest BCUT2D eigenvalue weighted by molar-refractivity contribution is -0.125. The molecular formula is C21H20N4O5. The Morgan fingerprint density at radius 1 is 1.03 bits per heavy atom. The molecule has 2 N–H and O–H groups in total. The number of nitrogens with zero attached hydrogens (tertiary/aromatic N) is 2. The maximum Gasteiger partial charge on any atom is 0.324 e. The Morgan fingerprint density at radius 3 is 2.67 bits per heavy atom. The molecule has 30 heavy (non-hydrogen) atoms. The Hall–Kier alpha value is -3.88. The molecule has 2 aliphatic rings. The molecule has 5 amide bonds. The number of rotatable bonds is 6. The molecule has 2 aliphatic heterocycles. The highest BCUT2D eigenvalue weighted by molar-refractivity contribution is 6.02. The van der Waals surface area contributed by atoms with Crippen molar-refractivity contribution in [3.63, 3.8) is 0 Å². The van der Waals surface area contributed by atoms with Crippen LogP contribution in [0.25, 0.3) is 0 Å². The van der Waals surface area contributed by atoms with Crippen molar-refractivity contribution in [2.75, 3.05) is 29.9 Å². The van der Waals surface area contributed by atoms with E-state index >= 15 is 0 Å². The van der Waals surface area contributed by atoms with Crippen molar-refractivity contribution in [3.8, 4) is 5.75 Å². The molecule has 2 aromatic rings. The predicted molar refractivity (Wildman–Crippen MR) is 108 cm³/mol. The average molecular weight is 408 g/mol. The molecule has 9 nitrogen and oxygen atoms in total. The topological polar surface area (TPSA) is 108 Å². The highest BCUT2D eigenvalue weighted by Crippen LogP contribution is 2.31. The summed E-state index contributed by atoms with van der Waals surface area (Å²) in [6.07, 6.45) is 0.108. The molecule has 0 radical (unpaired) electrons. The number of hydrogen-bond donors (Lipinski definition) is 2. The second kappa shape index (κ2) is 8.24. The van der Waals surface area contributed by atoms with Crippen molar-refractivity contribution in [3.05, 3.63) is 54.1 Å². The van der Waals surface area contributed by atoms with E-state index in [9.17, 15) is 19.2 Å². The number of urea groups is 1. The summed E-state index contributed by atoms with van der Waals surface area (Å²) >= 11 is 0. The highest BCUT2D eigenvalue weighted by Gasteiger charge is 2.28. The van der Waals surface area contributed by atoms with Crippen LogP contribution in [0.1, 0.15) is 12.0 Å². The zero-order valence-electron chi connectivity index (χ0n) is 16.1. The van der Waals surface area contributed by atoms with Gasteiger partial charge in [-0.3, -0.25) is 19.3 Å². The van der Waals surface area contributed by atoms with Crippen LogP contribution in [0.2, 0.25) is 0 Å². The minimum Gasteiger partial charge on any atom is -0.482 e. The lowest BCUT2D eigenvalue weighted by Gasteiger charge is -2.29. The summed E-state index contributed by atoms with van der Waals surface area (Å²) in [5.74, 6) is -0.119. The summed E-state index contributed by atoms with van der Waals surface area (Å²) in [7, 11) is 0. The van der Waals surface area contributed by atoms with E-state index in [4.69, 9.17) is 4.74 Å². The molecule has 154 valence electrons. The quantitative estimate of drug-likeness (QED) is 0.704. The molecule has 0 saturated carbocycles. The molecular weight excluding hydrogens is 388 g/mol. The molecule has 1 saturated heterocycles. The number of carbonyl (C=O) groups is 4. The molecule has 0 atom stereocenters. The average Bonchev–Trinajstić information content (AvgIpc) is 3.05. The molecule has 0 aliphatic carbocycles. The Balaban J connectivity index is 1.36. The van der Waals surface area contributed by atoms with Crippen LogP contribution in [-0.4, -0.2) is 48.3 Å². The minimum absolute atomic E-state index is 0.00134. The fourth-order valence-corrected chi connectivity index (χ4v) is 3.38. The maximum absolute atomic E-state index is 12.4. The van der Waals surface area contributed by atoms with Crippen molar-refractivity contribution >= 4 is 35.1 Å². The Bertz CT molecular complexity index is 1010. The van der Waals surface area contributed by atoms with Crippen molar-refractivity contribution in [1.29, 1.82) is 0 Å². The number of benzene rings is 2. The molecule has 0 spiro atoms. The van der Waals surface area contributed by atoms with Gasteiger partial charge in [-0.2, -0.15) is 0 Å². The second-order valence-corrected chi connectivity index (χ2v) is 6.94. The van der Waals surface area contributed by atoms with Crippen LogP contribution in [0.4, 0.5) is 16.2 Å². The summed E-state index contributed by atoms with van der Waals surface area (Å²) in [4.78, 5) is 50.7. The first-order chi connectivity index (χ1) is 14.5. The Kier molecular flexibility index (Phi) is 5.34. The highest BCUT2D eigenvalue weighted by atomic mass is 16.5. The van der Waals surface area contributed by atoms with Crippen LogP contribution >= 0.6 is 0 Å². The lowest BCUT2D eigenvalue weighted by Crippen LogP contribution is -2.40. The predicted octanol–water partition coefficient (Wildman–Crippen LogP) is 1.49. The third kappa shape index (κ3) is 4.09. The van der Waals surface area contributed by atoms with Crippen molar-refractivity contribution in [1.82, 2.24) is 10.2 Å².